The minimum absolute atomic E-state index is 0.144. The third-order valence-corrected chi connectivity index (χ3v) is 1.95. The maximum atomic E-state index is 10.9. The van der Waals surface area contributed by atoms with E-state index in [1.807, 2.05) is 30.3 Å². The highest BCUT2D eigenvalue weighted by Gasteiger charge is 2.05. The van der Waals surface area contributed by atoms with Crippen LogP contribution >= 0.6 is 0 Å². The number of hydroxylamine groups is 1. The maximum Gasteiger partial charge on any atom is 0.260 e. The van der Waals surface area contributed by atoms with Gasteiger partial charge < -0.3 is 0 Å². The molecule has 0 fully saturated rings. The molecule has 1 amide bonds. The number of hydrazine groups is 1. The maximum absolute atomic E-state index is 10.9. The number of aryl methyl sites for hydroxylation is 1. The van der Waals surface area contributed by atoms with Gasteiger partial charge in [0.15, 0.2) is 0 Å². The van der Waals surface area contributed by atoms with Crippen LogP contribution in [0.4, 0.5) is 0 Å². The van der Waals surface area contributed by atoms with E-state index in [1.54, 1.807) is 0 Å². The molecule has 1 aromatic carbocycles. The van der Waals surface area contributed by atoms with Crippen LogP contribution in [-0.2, 0) is 11.2 Å². The molecule has 0 saturated heterocycles. The van der Waals surface area contributed by atoms with Gasteiger partial charge in [-0.25, -0.2) is 5.84 Å². The molecule has 0 heterocycles. The van der Waals surface area contributed by atoms with Gasteiger partial charge in [0.05, 0.1) is 0 Å². The van der Waals surface area contributed by atoms with Crippen LogP contribution in [-0.4, -0.2) is 16.3 Å². The number of nitrogens with two attached hydrogens (primary N) is 1. The van der Waals surface area contributed by atoms with Crippen molar-refractivity contribution in [2.24, 2.45) is 5.84 Å². The summed E-state index contributed by atoms with van der Waals surface area (Å²) in [6, 6.07) is 9.87. The number of carbonyl (C=O) groups excluding carboxylic acids is 1. The fourth-order valence-electron chi connectivity index (χ4n) is 1.20. The minimum Gasteiger partial charge on any atom is -0.271 e. The fourth-order valence-corrected chi connectivity index (χ4v) is 1.20. The first-order valence-corrected chi connectivity index (χ1v) is 4.50. The van der Waals surface area contributed by atoms with Crippen molar-refractivity contribution in [3.05, 3.63) is 35.9 Å². The Bertz CT molecular complexity index is 285. The fraction of sp³-hybridized carbons (Fsp3) is 0.300. The Hall–Kier alpha value is -1.39. The Balaban J connectivity index is 2.26. The van der Waals surface area contributed by atoms with Gasteiger partial charge in [0, 0.05) is 6.42 Å². The molecule has 14 heavy (non-hydrogen) atoms. The van der Waals surface area contributed by atoms with E-state index in [0.29, 0.717) is 6.42 Å². The van der Waals surface area contributed by atoms with Crippen LogP contribution in [0, 0.1) is 0 Å². The van der Waals surface area contributed by atoms with Crippen molar-refractivity contribution in [2.75, 3.05) is 0 Å². The lowest BCUT2D eigenvalue weighted by atomic mass is 10.1. The van der Waals surface area contributed by atoms with Gasteiger partial charge in [-0.1, -0.05) is 30.3 Å². The van der Waals surface area contributed by atoms with E-state index in [1.165, 1.54) is 5.56 Å². The highest BCUT2D eigenvalue weighted by molar-refractivity contribution is 5.74. The largest absolute Gasteiger partial charge is 0.271 e. The molecule has 4 nitrogen and oxygen atoms in total. The first-order chi connectivity index (χ1) is 6.70. The molecule has 0 saturated carbocycles. The molecule has 0 aliphatic heterocycles. The van der Waals surface area contributed by atoms with E-state index in [0.717, 1.165) is 6.42 Å². The summed E-state index contributed by atoms with van der Waals surface area (Å²) in [6.07, 6.45) is 1.78. The number of nitrogens with zero attached hydrogens (tertiary/aromatic N) is 1. The second kappa shape index (κ2) is 5.36. The molecule has 4 heteroatoms. The topological polar surface area (TPSA) is 66.6 Å². The number of benzene rings is 1. The number of hydrogen-bond acceptors (Lipinski definition) is 3. The molecule has 1 aromatic rings. The third-order valence-electron chi connectivity index (χ3n) is 1.95. The monoisotopic (exact) mass is 194 g/mol. The van der Waals surface area contributed by atoms with Gasteiger partial charge in [0.25, 0.3) is 5.91 Å². The Morgan fingerprint density at radius 3 is 2.57 bits per heavy atom. The molecule has 0 spiro atoms. The summed E-state index contributed by atoms with van der Waals surface area (Å²) in [6.45, 7) is 0. The lowest BCUT2D eigenvalue weighted by molar-refractivity contribution is -0.166. The van der Waals surface area contributed by atoms with Crippen LogP contribution in [0.3, 0.4) is 0 Å². The SMILES string of the molecule is NN(O)C(=O)CCCc1ccccc1. The van der Waals surface area contributed by atoms with E-state index < -0.39 is 5.91 Å². The summed E-state index contributed by atoms with van der Waals surface area (Å²) in [4.78, 5) is 10.9. The molecular formula is C10H14N2O2. The van der Waals surface area contributed by atoms with Gasteiger partial charge in [-0.15, -0.1) is 0 Å². The first kappa shape index (κ1) is 10.7. The standard InChI is InChI=1S/C10H14N2O2/c11-12(14)10(13)8-4-7-9-5-2-1-3-6-9/h1-3,5-6,14H,4,7-8,11H2. The minimum atomic E-state index is -0.457. The lowest BCUT2D eigenvalue weighted by Gasteiger charge is -2.06. The van der Waals surface area contributed by atoms with Crippen LogP contribution in [0.15, 0.2) is 30.3 Å². The van der Waals surface area contributed by atoms with Crippen molar-refractivity contribution in [3.8, 4) is 0 Å². The van der Waals surface area contributed by atoms with Crippen LogP contribution in [0.2, 0.25) is 0 Å². The summed E-state index contributed by atoms with van der Waals surface area (Å²) >= 11 is 0. The summed E-state index contributed by atoms with van der Waals surface area (Å²) < 4.78 is 0. The van der Waals surface area contributed by atoms with Crippen molar-refractivity contribution in [1.29, 1.82) is 0 Å². The second-order valence-electron chi connectivity index (χ2n) is 3.08. The summed E-state index contributed by atoms with van der Waals surface area (Å²) in [5.74, 6) is 4.40. The molecule has 0 aliphatic carbocycles. The molecule has 76 valence electrons. The highest BCUT2D eigenvalue weighted by atomic mass is 16.5. The Morgan fingerprint density at radius 1 is 1.36 bits per heavy atom. The predicted octanol–water partition coefficient (Wildman–Crippen LogP) is 1.10. The van der Waals surface area contributed by atoms with E-state index in [-0.39, 0.29) is 11.6 Å². The number of rotatable bonds is 4. The highest BCUT2D eigenvalue weighted by Crippen LogP contribution is 2.04. The quantitative estimate of drug-likeness (QED) is 0.326. The van der Waals surface area contributed by atoms with Crippen LogP contribution in [0.5, 0.6) is 0 Å². The number of carbonyl (C=O) groups is 1. The van der Waals surface area contributed by atoms with Crippen molar-refractivity contribution in [1.82, 2.24) is 5.17 Å². The Kier molecular flexibility index (Phi) is 4.10. The zero-order valence-electron chi connectivity index (χ0n) is 7.89. The van der Waals surface area contributed by atoms with E-state index in [9.17, 15) is 4.79 Å². The van der Waals surface area contributed by atoms with Crippen molar-refractivity contribution in [3.63, 3.8) is 0 Å². The smallest absolute Gasteiger partial charge is 0.260 e. The van der Waals surface area contributed by atoms with E-state index >= 15 is 0 Å². The molecule has 0 atom stereocenters. The van der Waals surface area contributed by atoms with Crippen molar-refractivity contribution < 1.29 is 10.0 Å². The van der Waals surface area contributed by atoms with Gasteiger partial charge >= 0.3 is 0 Å². The second-order valence-corrected chi connectivity index (χ2v) is 3.08. The van der Waals surface area contributed by atoms with Gasteiger partial charge in [0.1, 0.15) is 0 Å². The average Bonchev–Trinajstić information content (AvgIpc) is 2.19. The molecule has 0 aromatic heterocycles. The molecule has 1 rings (SSSR count). The van der Waals surface area contributed by atoms with E-state index in [2.05, 4.69) is 0 Å². The van der Waals surface area contributed by atoms with E-state index in [4.69, 9.17) is 11.0 Å². The van der Waals surface area contributed by atoms with Crippen molar-refractivity contribution in [2.45, 2.75) is 19.3 Å². The Morgan fingerprint density at radius 2 is 2.00 bits per heavy atom. The summed E-state index contributed by atoms with van der Waals surface area (Å²) in [5.41, 5.74) is 1.18. The van der Waals surface area contributed by atoms with Crippen LogP contribution in [0.1, 0.15) is 18.4 Å². The van der Waals surface area contributed by atoms with Crippen LogP contribution < -0.4 is 5.84 Å². The van der Waals surface area contributed by atoms with Gasteiger partial charge in [0.2, 0.25) is 0 Å². The zero-order chi connectivity index (χ0) is 10.4. The average molecular weight is 194 g/mol. The van der Waals surface area contributed by atoms with Gasteiger partial charge in [-0.2, -0.15) is 5.17 Å². The van der Waals surface area contributed by atoms with Gasteiger partial charge in [-0.05, 0) is 18.4 Å². The molecule has 0 unspecified atom stereocenters. The molecule has 3 N–H and O–H groups in total. The molecule has 0 bridgehead atoms. The number of amides is 1. The summed E-state index contributed by atoms with van der Waals surface area (Å²) in [5, 5.41) is 8.72. The molecule has 0 aliphatic rings. The third kappa shape index (κ3) is 3.55. The lowest BCUT2D eigenvalue weighted by Crippen LogP contribution is -2.33. The Labute approximate surface area is 82.9 Å². The molecule has 0 radical (unpaired) electrons. The first-order valence-electron chi connectivity index (χ1n) is 4.50. The normalized spacial score (nSPS) is 9.86. The summed E-state index contributed by atoms with van der Waals surface area (Å²) in [7, 11) is 0. The molecular weight excluding hydrogens is 180 g/mol. The zero-order valence-corrected chi connectivity index (χ0v) is 7.89. The number of hydrogen-bond donors (Lipinski definition) is 2. The van der Waals surface area contributed by atoms with Crippen molar-refractivity contribution >= 4 is 5.91 Å². The predicted molar refractivity (Wildman–Crippen MR) is 52.2 cm³/mol. The van der Waals surface area contributed by atoms with Crippen LogP contribution in [0.25, 0.3) is 0 Å². The van der Waals surface area contributed by atoms with Gasteiger partial charge in [-0.3, -0.25) is 10.0 Å².